The average Bonchev–Trinajstić information content (AvgIpc) is 2.70. The molecule has 0 bridgehead atoms. The van der Waals surface area contributed by atoms with Gasteiger partial charge in [0, 0.05) is 23.6 Å². The molecule has 2 aromatic rings. The third-order valence-corrected chi connectivity index (χ3v) is 4.23. The molecule has 0 saturated heterocycles. The van der Waals surface area contributed by atoms with Crippen LogP contribution in [0.1, 0.15) is 22.5 Å². The SMILES string of the molecule is Cc1ccc(C[S@](=O)Cc2nncn2C)cc1C. The molecule has 0 aliphatic rings. The summed E-state index contributed by atoms with van der Waals surface area (Å²) in [7, 11) is 0.915. The second-order valence-electron chi connectivity index (χ2n) is 4.51. The third-order valence-electron chi connectivity index (χ3n) is 2.99. The van der Waals surface area contributed by atoms with Crippen molar-refractivity contribution in [2.75, 3.05) is 0 Å². The minimum absolute atomic E-state index is 0.448. The largest absolute Gasteiger partial charge is 0.320 e. The third kappa shape index (κ3) is 3.04. The Morgan fingerprint density at radius 1 is 1.22 bits per heavy atom. The standard InChI is InChI=1S/C13H17N3OS/c1-10-4-5-12(6-11(10)2)7-18(17)8-13-15-14-9-16(13)3/h4-6,9H,7-8H2,1-3H3/t18-/m0/s1. The van der Waals surface area contributed by atoms with Crippen LogP contribution in [0.2, 0.25) is 0 Å². The summed E-state index contributed by atoms with van der Waals surface area (Å²) < 4.78 is 13.9. The van der Waals surface area contributed by atoms with E-state index in [1.165, 1.54) is 11.1 Å². The Labute approximate surface area is 110 Å². The summed E-state index contributed by atoms with van der Waals surface area (Å²) in [5, 5.41) is 7.73. The maximum Gasteiger partial charge on any atom is 0.145 e. The lowest BCUT2D eigenvalue weighted by Crippen LogP contribution is -2.05. The van der Waals surface area contributed by atoms with E-state index in [1.807, 2.05) is 13.1 Å². The van der Waals surface area contributed by atoms with Crippen molar-refractivity contribution in [2.45, 2.75) is 25.4 Å². The van der Waals surface area contributed by atoms with Crippen LogP contribution in [-0.2, 0) is 29.4 Å². The molecule has 0 radical (unpaired) electrons. The zero-order chi connectivity index (χ0) is 13.1. The van der Waals surface area contributed by atoms with E-state index in [1.54, 1.807) is 10.9 Å². The zero-order valence-electron chi connectivity index (χ0n) is 10.9. The van der Waals surface area contributed by atoms with E-state index in [4.69, 9.17) is 0 Å². The molecule has 96 valence electrons. The Morgan fingerprint density at radius 3 is 2.61 bits per heavy atom. The number of nitrogens with zero attached hydrogens (tertiary/aromatic N) is 3. The van der Waals surface area contributed by atoms with Crippen molar-refractivity contribution in [3.8, 4) is 0 Å². The summed E-state index contributed by atoms with van der Waals surface area (Å²) in [6, 6.07) is 6.21. The minimum atomic E-state index is -0.949. The van der Waals surface area contributed by atoms with Gasteiger partial charge >= 0.3 is 0 Å². The summed E-state index contributed by atoms with van der Waals surface area (Å²) in [6.45, 7) is 4.15. The molecule has 0 aliphatic carbocycles. The van der Waals surface area contributed by atoms with Crippen molar-refractivity contribution in [3.63, 3.8) is 0 Å². The van der Waals surface area contributed by atoms with Gasteiger partial charge in [-0.25, -0.2) is 0 Å². The highest BCUT2D eigenvalue weighted by Gasteiger charge is 2.08. The summed E-state index contributed by atoms with van der Waals surface area (Å²) in [5.74, 6) is 1.77. The minimum Gasteiger partial charge on any atom is -0.320 e. The van der Waals surface area contributed by atoms with Crippen molar-refractivity contribution in [1.82, 2.24) is 14.8 Å². The van der Waals surface area contributed by atoms with Gasteiger partial charge in [0.15, 0.2) is 0 Å². The fraction of sp³-hybridized carbons (Fsp3) is 0.385. The van der Waals surface area contributed by atoms with Crippen LogP contribution in [0.4, 0.5) is 0 Å². The van der Waals surface area contributed by atoms with Crippen molar-refractivity contribution >= 4 is 10.8 Å². The zero-order valence-corrected chi connectivity index (χ0v) is 11.7. The molecule has 0 N–H and O–H groups in total. The first-order valence-corrected chi connectivity index (χ1v) is 7.29. The molecule has 2 rings (SSSR count). The molecule has 1 aromatic carbocycles. The Morgan fingerprint density at radius 2 is 2.00 bits per heavy atom. The molecule has 4 nitrogen and oxygen atoms in total. The van der Waals surface area contributed by atoms with Crippen LogP contribution in [0.3, 0.4) is 0 Å². The first-order chi connectivity index (χ1) is 8.56. The van der Waals surface area contributed by atoms with Crippen LogP contribution in [-0.4, -0.2) is 19.0 Å². The molecule has 0 saturated carbocycles. The molecule has 1 heterocycles. The molecule has 1 aromatic heterocycles. The molecule has 0 aliphatic heterocycles. The molecule has 1 atom stereocenters. The normalized spacial score (nSPS) is 12.6. The first kappa shape index (κ1) is 13.0. The molecule has 18 heavy (non-hydrogen) atoms. The van der Waals surface area contributed by atoms with Crippen LogP contribution in [0.5, 0.6) is 0 Å². The van der Waals surface area contributed by atoms with E-state index in [2.05, 4.69) is 36.2 Å². The van der Waals surface area contributed by atoms with Gasteiger partial charge in [0.1, 0.15) is 12.2 Å². The number of hydrogen-bond acceptors (Lipinski definition) is 3. The highest BCUT2D eigenvalue weighted by molar-refractivity contribution is 7.83. The van der Waals surface area contributed by atoms with E-state index in [0.717, 1.165) is 11.4 Å². The number of hydrogen-bond donors (Lipinski definition) is 0. The predicted molar refractivity (Wildman–Crippen MR) is 72.5 cm³/mol. The van der Waals surface area contributed by atoms with Gasteiger partial charge in [-0.2, -0.15) is 0 Å². The van der Waals surface area contributed by atoms with Gasteiger partial charge in [-0.15, -0.1) is 10.2 Å². The fourth-order valence-electron chi connectivity index (χ4n) is 1.71. The molecule has 0 spiro atoms. The number of benzene rings is 1. The molecule has 0 fully saturated rings. The monoisotopic (exact) mass is 263 g/mol. The van der Waals surface area contributed by atoms with E-state index in [9.17, 15) is 4.21 Å². The highest BCUT2D eigenvalue weighted by Crippen LogP contribution is 2.12. The van der Waals surface area contributed by atoms with E-state index in [-0.39, 0.29) is 0 Å². The van der Waals surface area contributed by atoms with Gasteiger partial charge < -0.3 is 4.57 Å². The number of rotatable bonds is 4. The molecule has 0 unspecified atom stereocenters. The van der Waals surface area contributed by atoms with Crippen LogP contribution >= 0.6 is 0 Å². The smallest absolute Gasteiger partial charge is 0.145 e. The lowest BCUT2D eigenvalue weighted by molar-refractivity contribution is 0.679. The van der Waals surface area contributed by atoms with Crippen molar-refractivity contribution in [1.29, 1.82) is 0 Å². The lowest BCUT2D eigenvalue weighted by atomic mass is 10.1. The van der Waals surface area contributed by atoms with Crippen LogP contribution in [0, 0.1) is 13.8 Å². The molecule has 5 heteroatoms. The van der Waals surface area contributed by atoms with Gasteiger partial charge in [0.2, 0.25) is 0 Å². The summed E-state index contributed by atoms with van der Waals surface area (Å²) >= 11 is 0. The Hall–Kier alpha value is -1.49. The average molecular weight is 263 g/mol. The van der Waals surface area contributed by atoms with Gasteiger partial charge in [-0.3, -0.25) is 4.21 Å². The van der Waals surface area contributed by atoms with Gasteiger partial charge in [-0.1, -0.05) is 18.2 Å². The Bertz CT molecular complexity index is 577. The topological polar surface area (TPSA) is 47.8 Å². The molecular formula is C13H17N3OS. The summed E-state index contributed by atoms with van der Waals surface area (Å²) in [6.07, 6.45) is 1.63. The highest BCUT2D eigenvalue weighted by atomic mass is 32.2. The van der Waals surface area contributed by atoms with Crippen molar-refractivity contribution in [3.05, 3.63) is 47.0 Å². The predicted octanol–water partition coefficient (Wildman–Crippen LogP) is 1.88. The quantitative estimate of drug-likeness (QED) is 0.846. The van der Waals surface area contributed by atoms with Crippen molar-refractivity contribution < 1.29 is 4.21 Å². The van der Waals surface area contributed by atoms with Gasteiger partial charge in [0.05, 0.1) is 5.75 Å². The van der Waals surface area contributed by atoms with Crippen LogP contribution in [0.15, 0.2) is 24.5 Å². The summed E-state index contributed by atoms with van der Waals surface area (Å²) in [4.78, 5) is 0. The summed E-state index contributed by atoms with van der Waals surface area (Å²) in [5.41, 5.74) is 3.61. The lowest BCUT2D eigenvalue weighted by Gasteiger charge is -2.05. The second-order valence-corrected chi connectivity index (χ2v) is 5.96. The van der Waals surface area contributed by atoms with Gasteiger partial charge in [0.25, 0.3) is 0 Å². The molecule has 0 amide bonds. The second kappa shape index (κ2) is 5.44. The number of aromatic nitrogens is 3. The first-order valence-electron chi connectivity index (χ1n) is 5.80. The maximum atomic E-state index is 12.1. The molecular weight excluding hydrogens is 246 g/mol. The fourth-order valence-corrected chi connectivity index (χ4v) is 2.91. The van der Waals surface area contributed by atoms with Crippen LogP contribution < -0.4 is 0 Å². The van der Waals surface area contributed by atoms with Crippen LogP contribution in [0.25, 0.3) is 0 Å². The number of aryl methyl sites for hydroxylation is 3. The van der Waals surface area contributed by atoms with E-state index in [0.29, 0.717) is 11.5 Å². The van der Waals surface area contributed by atoms with Gasteiger partial charge in [-0.05, 0) is 30.5 Å². The Kier molecular flexibility index (Phi) is 3.91. The van der Waals surface area contributed by atoms with Crippen molar-refractivity contribution in [2.24, 2.45) is 7.05 Å². The maximum absolute atomic E-state index is 12.1. The van der Waals surface area contributed by atoms with E-state index >= 15 is 0 Å². The van der Waals surface area contributed by atoms with E-state index < -0.39 is 10.8 Å². The Balaban J connectivity index is 2.03.